The van der Waals surface area contributed by atoms with Crippen molar-refractivity contribution in [1.29, 1.82) is 0 Å². The molecule has 0 spiro atoms. The third-order valence-electron chi connectivity index (χ3n) is 4.06. The SMILES string of the molecule is Cc1ccc(C(=O)N2CCCCCC2C)cc1S(N)(=O)=O. The van der Waals surface area contributed by atoms with Gasteiger partial charge in [0, 0.05) is 18.2 Å². The highest BCUT2D eigenvalue weighted by molar-refractivity contribution is 7.89. The van der Waals surface area contributed by atoms with Crippen molar-refractivity contribution in [2.45, 2.75) is 50.5 Å². The minimum absolute atomic E-state index is 0.0239. The largest absolute Gasteiger partial charge is 0.336 e. The van der Waals surface area contributed by atoms with Crippen molar-refractivity contribution in [3.63, 3.8) is 0 Å². The third-order valence-corrected chi connectivity index (χ3v) is 5.11. The first-order chi connectivity index (χ1) is 9.80. The van der Waals surface area contributed by atoms with Gasteiger partial charge in [-0.2, -0.15) is 0 Å². The van der Waals surface area contributed by atoms with E-state index in [1.54, 1.807) is 19.1 Å². The van der Waals surface area contributed by atoms with Crippen molar-refractivity contribution < 1.29 is 13.2 Å². The molecule has 1 aliphatic rings. The third kappa shape index (κ3) is 3.63. The summed E-state index contributed by atoms with van der Waals surface area (Å²) in [5.41, 5.74) is 0.941. The molecule has 0 saturated carbocycles. The van der Waals surface area contributed by atoms with E-state index in [0.29, 0.717) is 11.1 Å². The van der Waals surface area contributed by atoms with Crippen molar-refractivity contribution >= 4 is 15.9 Å². The van der Waals surface area contributed by atoms with E-state index in [1.807, 2.05) is 11.8 Å². The lowest BCUT2D eigenvalue weighted by molar-refractivity contribution is 0.0697. The summed E-state index contributed by atoms with van der Waals surface area (Å²) in [5.74, 6) is -0.116. The number of nitrogens with two attached hydrogens (primary N) is 1. The fourth-order valence-corrected chi connectivity index (χ4v) is 3.59. The number of primary sulfonamides is 1. The number of hydrogen-bond acceptors (Lipinski definition) is 3. The summed E-state index contributed by atoms with van der Waals surface area (Å²) in [4.78, 5) is 14.5. The highest BCUT2D eigenvalue weighted by atomic mass is 32.2. The Balaban J connectivity index is 2.35. The van der Waals surface area contributed by atoms with Gasteiger partial charge in [0.25, 0.3) is 5.91 Å². The molecule has 116 valence electrons. The molecule has 2 rings (SSSR count). The Morgan fingerprint density at radius 2 is 2.00 bits per heavy atom. The molecule has 1 aliphatic heterocycles. The molecule has 1 amide bonds. The predicted molar refractivity (Wildman–Crippen MR) is 81.5 cm³/mol. The summed E-state index contributed by atoms with van der Waals surface area (Å²) in [6, 6.07) is 4.88. The van der Waals surface area contributed by atoms with Crippen LogP contribution in [0.5, 0.6) is 0 Å². The standard InChI is InChI=1S/C15H22N2O3S/c1-11-7-8-13(10-14(11)21(16,19)20)15(18)17-9-5-3-4-6-12(17)2/h7-8,10,12H,3-6,9H2,1-2H3,(H2,16,19,20). The molecule has 6 heteroatoms. The lowest BCUT2D eigenvalue weighted by atomic mass is 10.1. The summed E-state index contributed by atoms with van der Waals surface area (Å²) in [6.07, 6.45) is 4.23. The molecule has 1 aromatic carbocycles. The molecule has 0 aliphatic carbocycles. The van der Waals surface area contributed by atoms with Gasteiger partial charge < -0.3 is 4.90 Å². The predicted octanol–water partition coefficient (Wildman–Crippen LogP) is 2.05. The van der Waals surface area contributed by atoms with E-state index in [-0.39, 0.29) is 16.8 Å². The number of likely N-dealkylation sites (tertiary alicyclic amines) is 1. The summed E-state index contributed by atoms with van der Waals surface area (Å²) >= 11 is 0. The van der Waals surface area contributed by atoms with Gasteiger partial charge in [-0.25, -0.2) is 13.6 Å². The zero-order chi connectivity index (χ0) is 15.6. The molecule has 5 nitrogen and oxygen atoms in total. The molecule has 1 aromatic rings. The lowest BCUT2D eigenvalue weighted by Gasteiger charge is -2.27. The number of aryl methyl sites for hydroxylation is 1. The number of rotatable bonds is 2. The molecule has 1 unspecified atom stereocenters. The van der Waals surface area contributed by atoms with Crippen LogP contribution in [0.15, 0.2) is 23.1 Å². The van der Waals surface area contributed by atoms with Gasteiger partial charge in [0.05, 0.1) is 4.90 Å². The molecule has 0 bridgehead atoms. The van der Waals surface area contributed by atoms with Gasteiger partial charge in [-0.1, -0.05) is 18.9 Å². The average Bonchev–Trinajstić information content (AvgIpc) is 2.62. The van der Waals surface area contributed by atoms with E-state index in [9.17, 15) is 13.2 Å². The first-order valence-corrected chi connectivity index (χ1v) is 8.80. The number of hydrogen-bond donors (Lipinski definition) is 1. The number of carbonyl (C=O) groups excluding carboxylic acids is 1. The minimum atomic E-state index is -3.81. The molecule has 1 fully saturated rings. The number of benzene rings is 1. The van der Waals surface area contributed by atoms with Crippen LogP contribution in [0.2, 0.25) is 0 Å². The van der Waals surface area contributed by atoms with E-state index in [2.05, 4.69) is 0 Å². The van der Waals surface area contributed by atoms with Crippen LogP contribution in [-0.2, 0) is 10.0 Å². The number of carbonyl (C=O) groups is 1. The summed E-state index contributed by atoms with van der Waals surface area (Å²) in [5, 5.41) is 5.20. The summed E-state index contributed by atoms with van der Waals surface area (Å²) in [7, 11) is -3.81. The van der Waals surface area contributed by atoms with Gasteiger partial charge in [0.15, 0.2) is 0 Å². The van der Waals surface area contributed by atoms with Gasteiger partial charge in [-0.05, 0) is 44.4 Å². The van der Waals surface area contributed by atoms with Crippen molar-refractivity contribution in [1.82, 2.24) is 4.90 Å². The van der Waals surface area contributed by atoms with Gasteiger partial charge in [-0.15, -0.1) is 0 Å². The summed E-state index contributed by atoms with van der Waals surface area (Å²) < 4.78 is 23.2. The van der Waals surface area contributed by atoms with Crippen LogP contribution < -0.4 is 5.14 Å². The molecule has 1 saturated heterocycles. The van der Waals surface area contributed by atoms with Gasteiger partial charge in [0.1, 0.15) is 0 Å². The van der Waals surface area contributed by atoms with Crippen LogP contribution >= 0.6 is 0 Å². The van der Waals surface area contributed by atoms with Gasteiger partial charge in [-0.3, -0.25) is 4.79 Å². The molecule has 0 radical (unpaired) electrons. The van der Waals surface area contributed by atoms with E-state index in [0.717, 1.165) is 32.2 Å². The lowest BCUT2D eigenvalue weighted by Crippen LogP contribution is -2.38. The van der Waals surface area contributed by atoms with E-state index >= 15 is 0 Å². The number of amides is 1. The molecule has 21 heavy (non-hydrogen) atoms. The van der Waals surface area contributed by atoms with Crippen LogP contribution in [-0.4, -0.2) is 31.8 Å². The Morgan fingerprint density at radius 3 is 2.67 bits per heavy atom. The summed E-state index contributed by atoms with van der Waals surface area (Å²) in [6.45, 7) is 4.43. The van der Waals surface area contributed by atoms with Crippen LogP contribution in [0, 0.1) is 6.92 Å². The van der Waals surface area contributed by atoms with Crippen LogP contribution in [0.25, 0.3) is 0 Å². The Bertz CT molecular complexity index is 640. The van der Waals surface area contributed by atoms with Crippen LogP contribution in [0.4, 0.5) is 0 Å². The fourth-order valence-electron chi connectivity index (χ4n) is 2.78. The number of sulfonamides is 1. The highest BCUT2D eigenvalue weighted by Gasteiger charge is 2.24. The molecular weight excluding hydrogens is 288 g/mol. The molecule has 1 atom stereocenters. The Hall–Kier alpha value is -1.40. The monoisotopic (exact) mass is 310 g/mol. The average molecular weight is 310 g/mol. The minimum Gasteiger partial charge on any atom is -0.336 e. The molecule has 1 heterocycles. The van der Waals surface area contributed by atoms with Crippen LogP contribution in [0.1, 0.15) is 48.5 Å². The second-order valence-electron chi connectivity index (χ2n) is 5.72. The zero-order valence-electron chi connectivity index (χ0n) is 12.5. The van der Waals surface area contributed by atoms with E-state index in [1.165, 1.54) is 6.07 Å². The van der Waals surface area contributed by atoms with Gasteiger partial charge in [0.2, 0.25) is 10.0 Å². The maximum Gasteiger partial charge on any atom is 0.254 e. The Labute approximate surface area is 126 Å². The van der Waals surface area contributed by atoms with Gasteiger partial charge >= 0.3 is 0 Å². The van der Waals surface area contributed by atoms with Crippen molar-refractivity contribution in [2.75, 3.05) is 6.54 Å². The van der Waals surface area contributed by atoms with Crippen molar-refractivity contribution in [3.8, 4) is 0 Å². The maximum atomic E-state index is 12.6. The van der Waals surface area contributed by atoms with Crippen molar-refractivity contribution in [3.05, 3.63) is 29.3 Å². The second-order valence-corrected chi connectivity index (χ2v) is 7.25. The smallest absolute Gasteiger partial charge is 0.254 e. The Morgan fingerprint density at radius 1 is 1.29 bits per heavy atom. The zero-order valence-corrected chi connectivity index (χ0v) is 13.3. The second kappa shape index (κ2) is 6.15. The molecular formula is C15H22N2O3S. The first-order valence-electron chi connectivity index (χ1n) is 7.25. The van der Waals surface area contributed by atoms with Crippen molar-refractivity contribution in [2.24, 2.45) is 5.14 Å². The number of nitrogens with zero attached hydrogens (tertiary/aromatic N) is 1. The highest BCUT2D eigenvalue weighted by Crippen LogP contribution is 2.21. The molecule has 2 N–H and O–H groups in total. The Kier molecular flexibility index (Phi) is 4.68. The normalized spacial score (nSPS) is 20.1. The topological polar surface area (TPSA) is 80.5 Å². The van der Waals surface area contributed by atoms with Crippen LogP contribution in [0.3, 0.4) is 0 Å². The van der Waals surface area contributed by atoms with E-state index < -0.39 is 10.0 Å². The fraction of sp³-hybridized carbons (Fsp3) is 0.533. The first kappa shape index (κ1) is 16.0. The quantitative estimate of drug-likeness (QED) is 0.907. The maximum absolute atomic E-state index is 12.6. The molecule has 0 aromatic heterocycles. The van der Waals surface area contributed by atoms with E-state index in [4.69, 9.17) is 5.14 Å².